The number of aryl methyl sites for hydroxylation is 1. The van der Waals surface area contributed by atoms with Gasteiger partial charge in [-0.15, -0.1) is 0 Å². The van der Waals surface area contributed by atoms with E-state index in [1.54, 1.807) is 12.1 Å². The normalized spacial score (nSPS) is 11.1. The van der Waals surface area contributed by atoms with Gasteiger partial charge in [0.25, 0.3) is 5.56 Å². The van der Waals surface area contributed by atoms with E-state index >= 15 is 0 Å². The van der Waals surface area contributed by atoms with Gasteiger partial charge in [0.15, 0.2) is 0 Å². The lowest BCUT2D eigenvalue weighted by molar-refractivity contribution is 0.00695. The summed E-state index contributed by atoms with van der Waals surface area (Å²) in [5.41, 5.74) is 4.71. The second-order valence-electron chi connectivity index (χ2n) is 9.66. The number of esters is 1. The van der Waals surface area contributed by atoms with Gasteiger partial charge in [-0.3, -0.25) is 4.79 Å². The van der Waals surface area contributed by atoms with Crippen LogP contribution in [0.15, 0.2) is 77.6 Å². The van der Waals surface area contributed by atoms with Gasteiger partial charge in [0.2, 0.25) is 0 Å². The molecular weight excluding hydrogens is 434 g/mol. The number of hydrogen-bond donors (Lipinski definition) is 1. The predicted octanol–water partition coefficient (Wildman–Crippen LogP) is 5.98. The maximum absolute atomic E-state index is 12.9. The van der Waals surface area contributed by atoms with Crippen LogP contribution >= 0.6 is 0 Å². The first-order valence-corrected chi connectivity index (χ1v) is 11.7. The predicted molar refractivity (Wildman–Crippen MR) is 141 cm³/mol. The van der Waals surface area contributed by atoms with Crippen molar-refractivity contribution in [3.05, 3.63) is 117 Å². The minimum absolute atomic E-state index is 0.127. The van der Waals surface area contributed by atoms with Crippen LogP contribution in [0, 0.1) is 18.8 Å². The third-order valence-corrected chi connectivity index (χ3v) is 5.72. The van der Waals surface area contributed by atoms with Crippen molar-refractivity contribution in [3.8, 4) is 11.8 Å². The van der Waals surface area contributed by atoms with Crippen molar-refractivity contribution in [1.82, 2.24) is 4.98 Å². The van der Waals surface area contributed by atoms with E-state index in [0.717, 1.165) is 27.8 Å². The van der Waals surface area contributed by atoms with Gasteiger partial charge < -0.3 is 9.72 Å². The molecule has 3 aromatic carbocycles. The molecule has 0 atom stereocenters. The number of aromatic amines is 1. The Balaban J connectivity index is 1.54. The molecule has 0 saturated carbocycles. The largest absolute Gasteiger partial charge is 0.456 e. The number of rotatable bonds is 4. The molecule has 0 unspecified atom stereocenters. The van der Waals surface area contributed by atoms with Gasteiger partial charge in [-0.2, -0.15) is 0 Å². The summed E-state index contributed by atoms with van der Waals surface area (Å²) in [6.45, 7) is 7.55. The van der Waals surface area contributed by atoms with Crippen molar-refractivity contribution in [3.63, 3.8) is 0 Å². The van der Waals surface area contributed by atoms with Crippen LogP contribution in [0.5, 0.6) is 0 Å². The Labute approximate surface area is 206 Å². The maximum Gasteiger partial charge on any atom is 0.338 e. The summed E-state index contributed by atoms with van der Waals surface area (Å²) in [5.74, 6) is 6.02. The average molecular weight is 464 g/mol. The van der Waals surface area contributed by atoms with Crippen molar-refractivity contribution >= 4 is 16.7 Å². The number of ether oxygens (including phenoxy) is 1. The van der Waals surface area contributed by atoms with Gasteiger partial charge >= 0.3 is 5.97 Å². The summed E-state index contributed by atoms with van der Waals surface area (Å²) in [5, 5.41) is 1.56. The first-order valence-electron chi connectivity index (χ1n) is 11.7. The van der Waals surface area contributed by atoms with E-state index in [1.165, 1.54) is 5.56 Å². The van der Waals surface area contributed by atoms with Gasteiger partial charge in [0.05, 0.1) is 5.56 Å². The molecule has 4 aromatic rings. The summed E-state index contributed by atoms with van der Waals surface area (Å²) in [4.78, 5) is 28.2. The Kier molecular flexibility index (Phi) is 6.89. The molecule has 1 N–H and O–H groups in total. The molecule has 0 radical (unpaired) electrons. The molecule has 0 amide bonds. The first kappa shape index (κ1) is 24.0. The van der Waals surface area contributed by atoms with Gasteiger partial charge in [-0.05, 0) is 74.0 Å². The van der Waals surface area contributed by atoms with Gasteiger partial charge in [-0.1, -0.05) is 60.4 Å². The summed E-state index contributed by atoms with van der Waals surface area (Å²) in [6.07, 6.45) is 1.23. The number of aromatic nitrogens is 1. The van der Waals surface area contributed by atoms with Crippen molar-refractivity contribution in [1.29, 1.82) is 0 Å². The molecule has 0 aliphatic heterocycles. The van der Waals surface area contributed by atoms with Crippen LogP contribution in [-0.4, -0.2) is 16.6 Å². The highest BCUT2D eigenvalue weighted by molar-refractivity contribution is 5.89. The summed E-state index contributed by atoms with van der Waals surface area (Å²) >= 11 is 0. The lowest BCUT2D eigenvalue weighted by atomic mass is 9.99. The van der Waals surface area contributed by atoms with E-state index in [-0.39, 0.29) is 11.5 Å². The lowest BCUT2D eigenvalue weighted by Crippen LogP contribution is -2.23. The number of carbonyl (C=O) groups excluding carboxylic acids is 1. The summed E-state index contributed by atoms with van der Waals surface area (Å²) < 4.78 is 5.43. The fourth-order valence-electron chi connectivity index (χ4n) is 3.92. The summed E-state index contributed by atoms with van der Waals surface area (Å²) in [6, 6.07) is 23.2. The average Bonchev–Trinajstić information content (AvgIpc) is 2.82. The number of fused-ring (bicyclic) bond motifs is 1. The van der Waals surface area contributed by atoms with E-state index in [0.29, 0.717) is 23.8 Å². The lowest BCUT2D eigenvalue weighted by Gasteiger charge is -2.19. The highest BCUT2D eigenvalue weighted by atomic mass is 16.6. The Morgan fingerprint density at radius 3 is 2.31 bits per heavy atom. The van der Waals surface area contributed by atoms with Crippen molar-refractivity contribution in [2.75, 3.05) is 0 Å². The van der Waals surface area contributed by atoms with E-state index < -0.39 is 5.60 Å². The Morgan fingerprint density at radius 1 is 0.914 bits per heavy atom. The maximum atomic E-state index is 12.9. The van der Waals surface area contributed by atoms with Crippen LogP contribution in [0.25, 0.3) is 10.8 Å². The van der Waals surface area contributed by atoms with Crippen LogP contribution in [0.3, 0.4) is 0 Å². The second-order valence-corrected chi connectivity index (χ2v) is 9.66. The second kappa shape index (κ2) is 10.0. The fraction of sp³-hybridized carbons (Fsp3) is 0.226. The smallest absolute Gasteiger partial charge is 0.338 e. The monoisotopic (exact) mass is 463 g/mol. The number of nitrogens with one attached hydrogen (secondary N) is 1. The zero-order valence-electron chi connectivity index (χ0n) is 20.6. The quantitative estimate of drug-likeness (QED) is 0.299. The molecule has 0 saturated heterocycles. The molecular formula is C31H29NO3. The molecule has 4 heteroatoms. The molecule has 1 heterocycles. The molecule has 0 aliphatic carbocycles. The molecule has 0 bridgehead atoms. The van der Waals surface area contributed by atoms with Crippen LogP contribution in [0.1, 0.15) is 59.1 Å². The van der Waals surface area contributed by atoms with Crippen molar-refractivity contribution in [2.45, 2.75) is 46.1 Å². The van der Waals surface area contributed by atoms with Gasteiger partial charge in [0.1, 0.15) is 5.60 Å². The van der Waals surface area contributed by atoms with Crippen LogP contribution < -0.4 is 5.56 Å². The zero-order chi connectivity index (χ0) is 25.0. The SMILES string of the molecule is Cc1c(Cc2ccc(C(=O)OC(C)(C)C)cc2)[nH]c(=O)c2cc(C#CCc3ccccc3)ccc12. The molecule has 0 fully saturated rings. The van der Waals surface area contributed by atoms with E-state index in [4.69, 9.17) is 4.74 Å². The van der Waals surface area contributed by atoms with Crippen LogP contribution in [0.2, 0.25) is 0 Å². The third kappa shape index (κ3) is 6.07. The van der Waals surface area contributed by atoms with E-state index in [1.807, 2.05) is 76.2 Å². The highest BCUT2D eigenvalue weighted by Gasteiger charge is 2.18. The van der Waals surface area contributed by atoms with E-state index in [2.05, 4.69) is 29.0 Å². The number of carbonyl (C=O) groups is 1. The summed E-state index contributed by atoms with van der Waals surface area (Å²) in [7, 11) is 0. The molecule has 35 heavy (non-hydrogen) atoms. The number of benzene rings is 3. The molecule has 4 nitrogen and oxygen atoms in total. The molecule has 1 aromatic heterocycles. The zero-order valence-corrected chi connectivity index (χ0v) is 20.6. The molecule has 0 spiro atoms. The third-order valence-electron chi connectivity index (χ3n) is 5.72. The Hall–Kier alpha value is -4.10. The molecule has 0 aliphatic rings. The van der Waals surface area contributed by atoms with Crippen molar-refractivity contribution < 1.29 is 9.53 Å². The van der Waals surface area contributed by atoms with Gasteiger partial charge in [-0.25, -0.2) is 4.79 Å². The topological polar surface area (TPSA) is 59.2 Å². The van der Waals surface area contributed by atoms with Crippen LogP contribution in [0.4, 0.5) is 0 Å². The standard InChI is InChI=1S/C31H29NO3/c1-21-26-18-15-23(12-8-11-22-9-6-5-7-10-22)19-27(26)29(33)32-28(21)20-24-13-16-25(17-14-24)30(34)35-31(2,3)4/h5-7,9-10,13-19H,11,20H2,1-4H3,(H,32,33). The van der Waals surface area contributed by atoms with Gasteiger partial charge in [0, 0.05) is 29.5 Å². The Morgan fingerprint density at radius 2 is 1.63 bits per heavy atom. The number of H-pyrrole nitrogens is 1. The van der Waals surface area contributed by atoms with Crippen LogP contribution in [-0.2, 0) is 17.6 Å². The number of hydrogen-bond acceptors (Lipinski definition) is 3. The fourth-order valence-corrected chi connectivity index (χ4v) is 3.92. The molecule has 176 valence electrons. The Bertz CT molecular complexity index is 1480. The highest BCUT2D eigenvalue weighted by Crippen LogP contribution is 2.21. The molecule has 4 rings (SSSR count). The van der Waals surface area contributed by atoms with Crippen molar-refractivity contribution in [2.24, 2.45) is 0 Å². The minimum atomic E-state index is -0.537. The van der Waals surface area contributed by atoms with E-state index in [9.17, 15) is 9.59 Å². The first-order chi connectivity index (χ1) is 16.7. The minimum Gasteiger partial charge on any atom is -0.456 e. The number of pyridine rings is 1.